The fourth-order valence-corrected chi connectivity index (χ4v) is 2.37. The zero-order valence-electron chi connectivity index (χ0n) is 14.4. The van der Waals surface area contributed by atoms with Gasteiger partial charge in [-0.1, -0.05) is 24.3 Å². The molecule has 0 aliphatic carbocycles. The van der Waals surface area contributed by atoms with Gasteiger partial charge in [-0.15, -0.1) is 0 Å². The minimum atomic E-state index is -4.60. The predicted molar refractivity (Wildman–Crippen MR) is 92.7 cm³/mol. The van der Waals surface area contributed by atoms with Crippen LogP contribution in [-0.2, 0) is 10.9 Å². The number of hydrogen-bond donors (Lipinski definition) is 0. The first-order chi connectivity index (χ1) is 13.3. The van der Waals surface area contributed by atoms with Gasteiger partial charge in [0.1, 0.15) is 5.75 Å². The molecule has 0 amide bonds. The number of esters is 1. The molecule has 6 nitrogen and oxygen atoms in total. The number of nitrogens with zero attached hydrogens (tertiary/aromatic N) is 2. The van der Waals surface area contributed by atoms with Gasteiger partial charge in [0.05, 0.1) is 24.4 Å². The summed E-state index contributed by atoms with van der Waals surface area (Å²) in [6, 6.07) is 13.3. The Balaban J connectivity index is 2.12. The first-order valence-electron chi connectivity index (χ1n) is 7.93. The van der Waals surface area contributed by atoms with E-state index in [0.717, 1.165) is 31.4 Å². The maximum absolute atomic E-state index is 13.0. The molecule has 0 radical (unpaired) electrons. The Bertz CT molecular complexity index is 1060. The van der Waals surface area contributed by atoms with Gasteiger partial charge in [0.15, 0.2) is 5.75 Å². The number of para-hydroxylation sites is 1. The van der Waals surface area contributed by atoms with E-state index in [1.54, 1.807) is 30.3 Å². The molecular formula is C19H13F3N2O4. The van der Waals surface area contributed by atoms with Crippen molar-refractivity contribution >= 4 is 5.97 Å². The molecule has 0 atom stereocenters. The number of carbonyl (C=O) groups is 1. The van der Waals surface area contributed by atoms with Crippen molar-refractivity contribution in [1.29, 1.82) is 0 Å². The van der Waals surface area contributed by atoms with E-state index in [9.17, 15) is 22.8 Å². The second kappa shape index (κ2) is 7.55. The number of hydrogen-bond acceptors (Lipinski definition) is 5. The lowest BCUT2D eigenvalue weighted by molar-refractivity contribution is -0.137. The summed E-state index contributed by atoms with van der Waals surface area (Å²) in [7, 11) is 1.11. The van der Waals surface area contributed by atoms with Gasteiger partial charge in [-0.2, -0.15) is 23.0 Å². The third-order valence-electron chi connectivity index (χ3n) is 3.66. The summed E-state index contributed by atoms with van der Waals surface area (Å²) in [5, 5.41) is 3.87. The molecule has 0 saturated carbocycles. The highest BCUT2D eigenvalue weighted by Crippen LogP contribution is 2.30. The van der Waals surface area contributed by atoms with Crippen LogP contribution in [0.3, 0.4) is 0 Å². The summed E-state index contributed by atoms with van der Waals surface area (Å²) in [6.45, 7) is 0. The lowest BCUT2D eigenvalue weighted by atomic mass is 10.2. The third-order valence-corrected chi connectivity index (χ3v) is 3.66. The maximum Gasteiger partial charge on any atom is 0.416 e. The first-order valence-corrected chi connectivity index (χ1v) is 7.93. The summed E-state index contributed by atoms with van der Waals surface area (Å²) >= 11 is 0. The Morgan fingerprint density at radius 1 is 1.04 bits per heavy atom. The zero-order chi connectivity index (χ0) is 20.3. The summed E-state index contributed by atoms with van der Waals surface area (Å²) in [6.07, 6.45) is -4.60. The number of methoxy groups -OCH3 is 1. The highest BCUT2D eigenvalue weighted by atomic mass is 19.4. The Labute approximate surface area is 156 Å². The third kappa shape index (κ3) is 4.03. The van der Waals surface area contributed by atoms with Crippen LogP contribution in [-0.4, -0.2) is 22.9 Å². The van der Waals surface area contributed by atoms with Crippen molar-refractivity contribution in [2.24, 2.45) is 0 Å². The van der Waals surface area contributed by atoms with Gasteiger partial charge in [-0.3, -0.25) is 4.79 Å². The highest BCUT2D eigenvalue weighted by molar-refractivity contribution is 5.90. The first kappa shape index (κ1) is 19.2. The molecule has 0 aliphatic rings. The number of aromatic nitrogens is 2. The molecule has 0 spiro atoms. The van der Waals surface area contributed by atoms with E-state index in [0.29, 0.717) is 10.4 Å². The number of alkyl halides is 3. The van der Waals surface area contributed by atoms with Crippen LogP contribution in [0.1, 0.15) is 16.1 Å². The average Bonchev–Trinajstić information content (AvgIpc) is 2.68. The van der Waals surface area contributed by atoms with E-state index in [-0.39, 0.29) is 17.1 Å². The summed E-state index contributed by atoms with van der Waals surface area (Å²) in [4.78, 5) is 24.5. The molecule has 3 rings (SSSR count). The fourth-order valence-electron chi connectivity index (χ4n) is 2.37. The van der Waals surface area contributed by atoms with Gasteiger partial charge in [0.2, 0.25) is 5.69 Å². The number of halogens is 3. The van der Waals surface area contributed by atoms with Crippen LogP contribution in [0.5, 0.6) is 11.5 Å². The highest BCUT2D eigenvalue weighted by Gasteiger charge is 2.31. The van der Waals surface area contributed by atoms with E-state index in [1.165, 1.54) is 6.07 Å². The van der Waals surface area contributed by atoms with Crippen molar-refractivity contribution in [3.05, 3.63) is 82.3 Å². The van der Waals surface area contributed by atoms with Crippen molar-refractivity contribution < 1.29 is 27.4 Å². The van der Waals surface area contributed by atoms with Crippen molar-refractivity contribution in [2.45, 2.75) is 6.18 Å². The van der Waals surface area contributed by atoms with Crippen molar-refractivity contribution in [3.63, 3.8) is 0 Å². The SMILES string of the molecule is COC(=O)c1nn(-c2cccc(C(F)(F)F)c2)c(=O)cc1Oc1ccccc1. The summed E-state index contributed by atoms with van der Waals surface area (Å²) in [5.74, 6) is -0.747. The van der Waals surface area contributed by atoms with Gasteiger partial charge in [-0.05, 0) is 30.3 Å². The molecule has 0 fully saturated rings. The molecule has 0 aliphatic heterocycles. The van der Waals surface area contributed by atoms with Gasteiger partial charge in [0, 0.05) is 0 Å². The molecule has 2 aromatic carbocycles. The van der Waals surface area contributed by atoms with Crippen molar-refractivity contribution in [3.8, 4) is 17.2 Å². The van der Waals surface area contributed by atoms with Gasteiger partial charge in [-0.25, -0.2) is 4.79 Å². The van der Waals surface area contributed by atoms with Crippen LogP contribution in [0, 0.1) is 0 Å². The van der Waals surface area contributed by atoms with E-state index in [2.05, 4.69) is 9.84 Å². The van der Waals surface area contributed by atoms with Gasteiger partial charge < -0.3 is 9.47 Å². The van der Waals surface area contributed by atoms with Crippen LogP contribution in [0.4, 0.5) is 13.2 Å². The van der Waals surface area contributed by atoms with Crippen LogP contribution < -0.4 is 10.3 Å². The topological polar surface area (TPSA) is 70.4 Å². The maximum atomic E-state index is 13.0. The number of ether oxygens (including phenoxy) is 2. The Hall–Kier alpha value is -3.62. The van der Waals surface area contributed by atoms with Gasteiger partial charge >= 0.3 is 12.1 Å². The minimum absolute atomic E-state index is 0.156. The van der Waals surface area contributed by atoms with E-state index in [1.807, 2.05) is 0 Å². The Kier molecular flexibility index (Phi) is 5.16. The number of benzene rings is 2. The average molecular weight is 390 g/mol. The van der Waals surface area contributed by atoms with Crippen LogP contribution in [0.2, 0.25) is 0 Å². The van der Waals surface area contributed by atoms with Crippen LogP contribution in [0.15, 0.2) is 65.5 Å². The fraction of sp³-hybridized carbons (Fsp3) is 0.105. The normalized spacial score (nSPS) is 11.1. The Morgan fingerprint density at radius 2 is 1.75 bits per heavy atom. The molecule has 0 unspecified atom stereocenters. The number of rotatable bonds is 4. The zero-order valence-corrected chi connectivity index (χ0v) is 14.4. The van der Waals surface area contributed by atoms with Gasteiger partial charge in [0.25, 0.3) is 5.56 Å². The number of carbonyl (C=O) groups excluding carboxylic acids is 1. The molecule has 0 N–H and O–H groups in total. The lowest BCUT2D eigenvalue weighted by Crippen LogP contribution is -2.24. The van der Waals surface area contributed by atoms with Crippen molar-refractivity contribution in [1.82, 2.24) is 9.78 Å². The monoisotopic (exact) mass is 390 g/mol. The van der Waals surface area contributed by atoms with Crippen LogP contribution >= 0.6 is 0 Å². The Morgan fingerprint density at radius 3 is 2.39 bits per heavy atom. The smallest absolute Gasteiger partial charge is 0.416 e. The molecule has 28 heavy (non-hydrogen) atoms. The molecule has 1 aromatic heterocycles. The van der Waals surface area contributed by atoms with Crippen LogP contribution in [0.25, 0.3) is 5.69 Å². The van der Waals surface area contributed by atoms with Crippen molar-refractivity contribution in [2.75, 3.05) is 7.11 Å². The summed E-state index contributed by atoms with van der Waals surface area (Å²) in [5.41, 5.74) is -2.25. The molecule has 1 heterocycles. The molecule has 0 bridgehead atoms. The van der Waals surface area contributed by atoms with E-state index >= 15 is 0 Å². The van der Waals surface area contributed by atoms with E-state index in [4.69, 9.17) is 4.74 Å². The lowest BCUT2D eigenvalue weighted by Gasteiger charge is -2.13. The predicted octanol–water partition coefficient (Wildman–Crippen LogP) is 3.83. The second-order valence-electron chi connectivity index (χ2n) is 5.56. The molecule has 0 saturated heterocycles. The molecule has 144 valence electrons. The van der Waals surface area contributed by atoms with E-state index < -0.39 is 23.3 Å². The minimum Gasteiger partial charge on any atom is -0.464 e. The molecular weight excluding hydrogens is 377 g/mol. The quantitative estimate of drug-likeness (QED) is 0.634. The largest absolute Gasteiger partial charge is 0.464 e. The summed E-state index contributed by atoms with van der Waals surface area (Å²) < 4.78 is 49.7. The second-order valence-corrected chi connectivity index (χ2v) is 5.56. The molecule has 3 aromatic rings. The standard InChI is InChI=1S/C19H13F3N2O4/c1-27-18(26)17-15(28-14-8-3-2-4-9-14)11-16(25)24(23-17)13-7-5-6-12(10-13)19(20,21)22/h2-11H,1H3. The molecule has 9 heteroatoms.